The zero-order valence-corrected chi connectivity index (χ0v) is 15.0. The van der Waals surface area contributed by atoms with Crippen LogP contribution in [0.15, 0.2) is 42.5 Å². The highest BCUT2D eigenvalue weighted by molar-refractivity contribution is 6.42. The topological polar surface area (TPSA) is 58.6 Å². The van der Waals surface area contributed by atoms with Crippen LogP contribution >= 0.6 is 23.2 Å². The minimum absolute atomic E-state index is 0.0757. The molecule has 1 aliphatic heterocycles. The second-order valence-electron chi connectivity index (χ2n) is 5.52. The molecule has 0 spiro atoms. The van der Waals surface area contributed by atoms with Gasteiger partial charge < -0.3 is 10.1 Å². The molecule has 5 nitrogen and oxygen atoms in total. The van der Waals surface area contributed by atoms with Gasteiger partial charge in [-0.3, -0.25) is 9.59 Å². The van der Waals surface area contributed by atoms with Gasteiger partial charge in [-0.15, -0.1) is 0 Å². The van der Waals surface area contributed by atoms with Crippen LogP contribution in [0.4, 0.5) is 11.4 Å². The van der Waals surface area contributed by atoms with E-state index in [0.717, 1.165) is 16.3 Å². The number of imide groups is 1. The Morgan fingerprint density at radius 2 is 1.84 bits per heavy atom. The van der Waals surface area contributed by atoms with Crippen LogP contribution in [-0.4, -0.2) is 24.5 Å². The van der Waals surface area contributed by atoms with Gasteiger partial charge in [0, 0.05) is 5.69 Å². The average Bonchev–Trinajstić information content (AvgIpc) is 2.86. The summed E-state index contributed by atoms with van der Waals surface area (Å²) in [4.78, 5) is 26.1. The first-order chi connectivity index (χ1) is 12.0. The van der Waals surface area contributed by atoms with E-state index < -0.39 is 6.04 Å². The minimum Gasteiger partial charge on any atom is -0.494 e. The first kappa shape index (κ1) is 17.6. The molecule has 1 atom stereocenters. The molecule has 0 unspecified atom stereocenters. The molecule has 0 radical (unpaired) electrons. The molecule has 1 aliphatic rings. The second-order valence-corrected chi connectivity index (χ2v) is 6.34. The van der Waals surface area contributed by atoms with Crippen molar-refractivity contribution in [2.24, 2.45) is 0 Å². The standard InChI is InChI=1S/C18H16Cl2N2O3/c1-2-25-13-6-3-11(4-7-13)21-16-10-17(23)22(18(16)24)12-5-8-14(19)15(20)9-12/h3-9,16,21H,2,10H2,1H3/t16-/m0/s1. The fraction of sp³-hybridized carbons (Fsp3) is 0.222. The number of ether oxygens (including phenoxy) is 1. The summed E-state index contributed by atoms with van der Waals surface area (Å²) in [5, 5.41) is 3.75. The zero-order valence-electron chi connectivity index (χ0n) is 13.5. The summed E-state index contributed by atoms with van der Waals surface area (Å²) in [6, 6.07) is 11.3. The number of anilines is 2. The minimum atomic E-state index is -0.625. The van der Waals surface area contributed by atoms with E-state index in [-0.39, 0.29) is 18.2 Å². The Balaban J connectivity index is 1.75. The molecule has 0 bridgehead atoms. The maximum Gasteiger partial charge on any atom is 0.256 e. The van der Waals surface area contributed by atoms with E-state index >= 15 is 0 Å². The highest BCUT2D eigenvalue weighted by Gasteiger charge is 2.39. The van der Waals surface area contributed by atoms with Gasteiger partial charge in [-0.05, 0) is 49.4 Å². The van der Waals surface area contributed by atoms with Gasteiger partial charge in [0.2, 0.25) is 5.91 Å². The largest absolute Gasteiger partial charge is 0.494 e. The van der Waals surface area contributed by atoms with Gasteiger partial charge in [0.15, 0.2) is 0 Å². The molecule has 1 N–H and O–H groups in total. The van der Waals surface area contributed by atoms with E-state index in [2.05, 4.69) is 5.32 Å². The van der Waals surface area contributed by atoms with Crippen LogP contribution in [0.25, 0.3) is 0 Å². The Hall–Kier alpha value is -2.24. The Bertz CT molecular complexity index is 808. The van der Waals surface area contributed by atoms with Crippen molar-refractivity contribution in [3.05, 3.63) is 52.5 Å². The summed E-state index contributed by atoms with van der Waals surface area (Å²) in [7, 11) is 0. The molecule has 1 fully saturated rings. The van der Waals surface area contributed by atoms with Crippen LogP contribution in [0, 0.1) is 0 Å². The van der Waals surface area contributed by atoms with Gasteiger partial charge in [-0.1, -0.05) is 23.2 Å². The summed E-state index contributed by atoms with van der Waals surface area (Å²) in [5.74, 6) is 0.142. The molecular formula is C18H16Cl2N2O3. The Labute approximate surface area is 155 Å². The number of hydrogen-bond acceptors (Lipinski definition) is 4. The Kier molecular flexibility index (Phi) is 5.16. The van der Waals surface area contributed by atoms with E-state index in [0.29, 0.717) is 22.3 Å². The van der Waals surface area contributed by atoms with Crippen LogP contribution < -0.4 is 15.0 Å². The van der Waals surface area contributed by atoms with E-state index in [4.69, 9.17) is 27.9 Å². The number of hydrogen-bond donors (Lipinski definition) is 1. The van der Waals surface area contributed by atoms with E-state index in [1.165, 1.54) is 6.07 Å². The third kappa shape index (κ3) is 3.72. The highest BCUT2D eigenvalue weighted by Crippen LogP contribution is 2.31. The number of amides is 2. The quantitative estimate of drug-likeness (QED) is 0.794. The van der Waals surface area contributed by atoms with Gasteiger partial charge in [0.05, 0.1) is 28.8 Å². The van der Waals surface area contributed by atoms with Crippen LogP contribution in [-0.2, 0) is 9.59 Å². The number of carbonyl (C=O) groups excluding carboxylic acids is 2. The molecule has 0 saturated carbocycles. The average molecular weight is 379 g/mol. The molecular weight excluding hydrogens is 363 g/mol. The molecule has 0 aromatic heterocycles. The molecule has 7 heteroatoms. The van der Waals surface area contributed by atoms with Crippen LogP contribution in [0.3, 0.4) is 0 Å². The molecule has 2 aromatic rings. The summed E-state index contributed by atoms with van der Waals surface area (Å²) in [6.45, 7) is 2.49. The Morgan fingerprint density at radius 3 is 2.48 bits per heavy atom. The molecule has 2 aromatic carbocycles. The van der Waals surface area contributed by atoms with Gasteiger partial charge in [0.1, 0.15) is 11.8 Å². The molecule has 2 amide bonds. The van der Waals surface area contributed by atoms with Crippen LogP contribution in [0.5, 0.6) is 5.75 Å². The number of nitrogens with zero attached hydrogens (tertiary/aromatic N) is 1. The summed E-state index contributed by atoms with van der Waals surface area (Å²) in [5.41, 5.74) is 1.16. The predicted octanol–water partition coefficient (Wildman–Crippen LogP) is 4.14. The number of nitrogens with one attached hydrogen (secondary N) is 1. The summed E-state index contributed by atoms with van der Waals surface area (Å²) < 4.78 is 5.38. The van der Waals surface area contributed by atoms with Crippen molar-refractivity contribution in [3.63, 3.8) is 0 Å². The van der Waals surface area contributed by atoms with Gasteiger partial charge >= 0.3 is 0 Å². The highest BCUT2D eigenvalue weighted by atomic mass is 35.5. The van der Waals surface area contributed by atoms with E-state index in [1.54, 1.807) is 12.1 Å². The monoisotopic (exact) mass is 378 g/mol. The van der Waals surface area contributed by atoms with E-state index in [1.807, 2.05) is 31.2 Å². The van der Waals surface area contributed by atoms with Crippen molar-refractivity contribution in [2.75, 3.05) is 16.8 Å². The SMILES string of the molecule is CCOc1ccc(N[C@H]2CC(=O)N(c3ccc(Cl)c(Cl)c3)C2=O)cc1. The maximum atomic E-state index is 12.6. The lowest BCUT2D eigenvalue weighted by atomic mass is 10.2. The third-order valence-electron chi connectivity index (χ3n) is 3.81. The fourth-order valence-corrected chi connectivity index (χ4v) is 2.95. The van der Waals surface area contributed by atoms with Crippen LogP contribution in [0.1, 0.15) is 13.3 Å². The smallest absolute Gasteiger partial charge is 0.256 e. The summed E-state index contributed by atoms with van der Waals surface area (Å²) in [6.07, 6.45) is 0.0757. The first-order valence-electron chi connectivity index (χ1n) is 7.81. The lowest BCUT2D eigenvalue weighted by Crippen LogP contribution is -2.34. The number of benzene rings is 2. The second kappa shape index (κ2) is 7.33. The van der Waals surface area contributed by atoms with Crippen molar-refractivity contribution >= 4 is 46.4 Å². The van der Waals surface area contributed by atoms with Crippen molar-refractivity contribution in [3.8, 4) is 5.75 Å². The van der Waals surface area contributed by atoms with Crippen molar-refractivity contribution in [1.82, 2.24) is 0 Å². The number of carbonyl (C=O) groups is 2. The van der Waals surface area contributed by atoms with Crippen LogP contribution in [0.2, 0.25) is 10.0 Å². The summed E-state index contributed by atoms with van der Waals surface area (Å²) >= 11 is 11.9. The molecule has 3 rings (SSSR count). The van der Waals surface area contributed by atoms with Gasteiger partial charge in [-0.25, -0.2) is 4.90 Å². The number of rotatable bonds is 5. The molecule has 25 heavy (non-hydrogen) atoms. The number of halogens is 2. The molecule has 0 aliphatic carbocycles. The lowest BCUT2D eigenvalue weighted by molar-refractivity contribution is -0.121. The molecule has 130 valence electrons. The first-order valence-corrected chi connectivity index (χ1v) is 8.56. The van der Waals surface area contributed by atoms with Crippen molar-refractivity contribution in [1.29, 1.82) is 0 Å². The zero-order chi connectivity index (χ0) is 18.0. The van der Waals surface area contributed by atoms with Gasteiger partial charge in [0.25, 0.3) is 5.91 Å². The fourth-order valence-electron chi connectivity index (χ4n) is 2.66. The molecule has 1 heterocycles. The normalized spacial score (nSPS) is 17.1. The van der Waals surface area contributed by atoms with Crippen molar-refractivity contribution < 1.29 is 14.3 Å². The van der Waals surface area contributed by atoms with Gasteiger partial charge in [-0.2, -0.15) is 0 Å². The van der Waals surface area contributed by atoms with E-state index in [9.17, 15) is 9.59 Å². The third-order valence-corrected chi connectivity index (χ3v) is 4.55. The Morgan fingerprint density at radius 1 is 1.12 bits per heavy atom. The predicted molar refractivity (Wildman–Crippen MR) is 98.6 cm³/mol. The lowest BCUT2D eigenvalue weighted by Gasteiger charge is -2.16. The molecule has 1 saturated heterocycles. The van der Waals surface area contributed by atoms with Crippen molar-refractivity contribution in [2.45, 2.75) is 19.4 Å². The maximum absolute atomic E-state index is 12.6.